The maximum Gasteiger partial charge on any atom is 0.255 e. The molecule has 1 N–H and O–H groups in total. The summed E-state index contributed by atoms with van der Waals surface area (Å²) in [6.07, 6.45) is 3.06. The second-order valence-electron chi connectivity index (χ2n) is 6.90. The van der Waals surface area contributed by atoms with Crippen molar-refractivity contribution >= 4 is 5.91 Å². The van der Waals surface area contributed by atoms with Crippen molar-refractivity contribution in [2.45, 2.75) is 39.2 Å². The first-order valence-electron chi connectivity index (χ1n) is 9.00. The second-order valence-corrected chi connectivity index (χ2v) is 6.90. The lowest BCUT2D eigenvalue weighted by molar-refractivity contribution is 0.0597. The first-order chi connectivity index (χ1) is 12.1. The van der Waals surface area contributed by atoms with Crippen molar-refractivity contribution in [3.8, 4) is 0 Å². The van der Waals surface area contributed by atoms with Gasteiger partial charge in [0.05, 0.1) is 17.3 Å². The van der Waals surface area contributed by atoms with Crippen LogP contribution in [0, 0.1) is 19.8 Å². The summed E-state index contributed by atoms with van der Waals surface area (Å²) < 4.78 is 7.24. The summed E-state index contributed by atoms with van der Waals surface area (Å²) in [5, 5.41) is 7.63. The maximum absolute atomic E-state index is 12.9. The van der Waals surface area contributed by atoms with E-state index in [0.717, 1.165) is 49.4 Å². The quantitative estimate of drug-likeness (QED) is 0.907. The Bertz CT molecular complexity index is 718. The van der Waals surface area contributed by atoms with Crippen molar-refractivity contribution in [2.24, 2.45) is 13.0 Å². The summed E-state index contributed by atoms with van der Waals surface area (Å²) in [6.45, 7) is 5.46. The van der Waals surface area contributed by atoms with Crippen molar-refractivity contribution in [2.75, 3.05) is 13.2 Å². The van der Waals surface area contributed by atoms with Crippen molar-refractivity contribution in [1.82, 2.24) is 15.1 Å². The van der Waals surface area contributed by atoms with Gasteiger partial charge in [-0.05, 0) is 44.6 Å². The van der Waals surface area contributed by atoms with Crippen LogP contribution in [0.1, 0.15) is 52.6 Å². The lowest BCUT2D eigenvalue weighted by atomic mass is 9.89. The van der Waals surface area contributed by atoms with Gasteiger partial charge in [0.2, 0.25) is 0 Å². The number of amides is 1. The Morgan fingerprint density at radius 1 is 1.28 bits per heavy atom. The molecule has 2 aromatic rings. The molecule has 2 heterocycles. The number of rotatable bonds is 5. The summed E-state index contributed by atoms with van der Waals surface area (Å²) in [5.41, 5.74) is 3.51. The van der Waals surface area contributed by atoms with E-state index in [-0.39, 0.29) is 11.9 Å². The van der Waals surface area contributed by atoms with Crippen LogP contribution < -0.4 is 5.32 Å². The van der Waals surface area contributed by atoms with Crippen molar-refractivity contribution in [1.29, 1.82) is 0 Å². The molecule has 5 heteroatoms. The summed E-state index contributed by atoms with van der Waals surface area (Å²) in [6, 6.07) is 10.3. The molecule has 1 aliphatic heterocycles. The predicted molar refractivity (Wildman–Crippen MR) is 97.5 cm³/mol. The van der Waals surface area contributed by atoms with Gasteiger partial charge in [0.15, 0.2) is 0 Å². The molecule has 1 aliphatic rings. The Morgan fingerprint density at radius 3 is 2.56 bits per heavy atom. The van der Waals surface area contributed by atoms with E-state index in [0.29, 0.717) is 11.5 Å². The normalized spacial score (nSPS) is 16.6. The minimum Gasteiger partial charge on any atom is -0.381 e. The van der Waals surface area contributed by atoms with Crippen LogP contribution in [0.5, 0.6) is 0 Å². The van der Waals surface area contributed by atoms with Gasteiger partial charge >= 0.3 is 0 Å². The monoisotopic (exact) mass is 341 g/mol. The third-order valence-corrected chi connectivity index (χ3v) is 5.15. The molecular formula is C20H27N3O2. The van der Waals surface area contributed by atoms with Crippen LogP contribution in [0.2, 0.25) is 0 Å². The van der Waals surface area contributed by atoms with Gasteiger partial charge < -0.3 is 10.1 Å². The number of carbonyl (C=O) groups is 1. The van der Waals surface area contributed by atoms with Gasteiger partial charge in [0.1, 0.15) is 0 Å². The fourth-order valence-electron chi connectivity index (χ4n) is 3.61. The molecule has 0 aliphatic carbocycles. The second kappa shape index (κ2) is 7.83. The van der Waals surface area contributed by atoms with Crippen LogP contribution in [-0.4, -0.2) is 28.9 Å². The van der Waals surface area contributed by atoms with Gasteiger partial charge in [-0.15, -0.1) is 0 Å². The van der Waals surface area contributed by atoms with Crippen molar-refractivity contribution in [3.05, 3.63) is 52.8 Å². The van der Waals surface area contributed by atoms with E-state index in [2.05, 4.69) is 22.5 Å². The van der Waals surface area contributed by atoms with E-state index in [1.807, 2.05) is 39.1 Å². The van der Waals surface area contributed by atoms with Crippen molar-refractivity contribution in [3.63, 3.8) is 0 Å². The molecule has 134 valence electrons. The van der Waals surface area contributed by atoms with E-state index in [1.54, 1.807) is 4.68 Å². The molecule has 0 saturated carbocycles. The Hall–Kier alpha value is -2.14. The topological polar surface area (TPSA) is 56.2 Å². The molecule has 1 saturated heterocycles. The van der Waals surface area contributed by atoms with Gasteiger partial charge in [0.25, 0.3) is 5.91 Å². The first-order valence-corrected chi connectivity index (χ1v) is 9.00. The number of hydrogen-bond donors (Lipinski definition) is 1. The van der Waals surface area contributed by atoms with Crippen LogP contribution in [0.15, 0.2) is 30.3 Å². The zero-order valence-corrected chi connectivity index (χ0v) is 15.3. The number of hydrogen-bond acceptors (Lipinski definition) is 3. The predicted octanol–water partition coefficient (Wildman–Crippen LogP) is 3.32. The van der Waals surface area contributed by atoms with E-state index < -0.39 is 0 Å². The van der Waals surface area contributed by atoms with Crippen LogP contribution in [0.25, 0.3) is 0 Å². The van der Waals surface area contributed by atoms with Gasteiger partial charge in [-0.2, -0.15) is 5.10 Å². The lowest BCUT2D eigenvalue weighted by Crippen LogP contribution is -2.32. The largest absolute Gasteiger partial charge is 0.381 e. The number of aryl methyl sites for hydroxylation is 2. The average Bonchev–Trinajstić information content (AvgIpc) is 2.88. The smallest absolute Gasteiger partial charge is 0.255 e. The Labute approximate surface area is 149 Å². The standard InChI is InChI=1S/C20H27N3O2/c1-14-19(15(2)23(3)22-14)20(24)21-18(17-7-5-4-6-8-17)13-16-9-11-25-12-10-16/h4-8,16,18H,9-13H2,1-3H3,(H,21,24)/t18-/m0/s1. The molecule has 0 spiro atoms. The summed E-state index contributed by atoms with van der Waals surface area (Å²) in [5.74, 6) is 0.541. The maximum atomic E-state index is 12.9. The minimum absolute atomic E-state index is 0.0100. The Kier molecular flexibility index (Phi) is 5.53. The van der Waals surface area contributed by atoms with E-state index in [1.165, 1.54) is 0 Å². The number of ether oxygens (including phenoxy) is 1. The molecule has 0 bridgehead atoms. The molecule has 5 nitrogen and oxygen atoms in total. The number of benzene rings is 1. The highest BCUT2D eigenvalue weighted by Crippen LogP contribution is 2.28. The molecular weight excluding hydrogens is 314 g/mol. The van der Waals surface area contributed by atoms with Crippen LogP contribution in [-0.2, 0) is 11.8 Å². The fourth-order valence-corrected chi connectivity index (χ4v) is 3.61. The third kappa shape index (κ3) is 4.10. The number of nitrogens with one attached hydrogen (secondary N) is 1. The molecule has 0 unspecified atom stereocenters. The molecule has 1 aromatic heterocycles. The SMILES string of the molecule is Cc1nn(C)c(C)c1C(=O)N[C@@H](CC1CCOCC1)c1ccccc1. The van der Waals surface area contributed by atoms with E-state index in [9.17, 15) is 4.79 Å². The Morgan fingerprint density at radius 2 is 1.96 bits per heavy atom. The molecule has 0 radical (unpaired) electrons. The highest BCUT2D eigenvalue weighted by Gasteiger charge is 2.25. The fraction of sp³-hybridized carbons (Fsp3) is 0.500. The summed E-state index contributed by atoms with van der Waals surface area (Å²) in [7, 11) is 1.87. The number of carbonyl (C=O) groups excluding carboxylic acids is 1. The zero-order valence-electron chi connectivity index (χ0n) is 15.3. The minimum atomic E-state index is -0.0380. The van der Waals surface area contributed by atoms with Gasteiger partial charge in [0, 0.05) is 26.0 Å². The third-order valence-electron chi connectivity index (χ3n) is 5.15. The summed E-state index contributed by atoms with van der Waals surface area (Å²) in [4.78, 5) is 12.9. The molecule has 1 aromatic carbocycles. The van der Waals surface area contributed by atoms with E-state index in [4.69, 9.17) is 4.74 Å². The van der Waals surface area contributed by atoms with Gasteiger partial charge in [-0.25, -0.2) is 0 Å². The highest BCUT2D eigenvalue weighted by atomic mass is 16.5. The van der Waals surface area contributed by atoms with Gasteiger partial charge in [-0.1, -0.05) is 30.3 Å². The molecule has 1 amide bonds. The van der Waals surface area contributed by atoms with Crippen LogP contribution >= 0.6 is 0 Å². The Balaban J connectivity index is 1.80. The average molecular weight is 341 g/mol. The van der Waals surface area contributed by atoms with Crippen LogP contribution in [0.4, 0.5) is 0 Å². The first kappa shape index (κ1) is 17.7. The van der Waals surface area contributed by atoms with Crippen molar-refractivity contribution < 1.29 is 9.53 Å². The highest BCUT2D eigenvalue weighted by molar-refractivity contribution is 5.96. The lowest BCUT2D eigenvalue weighted by Gasteiger charge is -2.27. The molecule has 1 fully saturated rings. The summed E-state index contributed by atoms with van der Waals surface area (Å²) >= 11 is 0. The van der Waals surface area contributed by atoms with Crippen LogP contribution in [0.3, 0.4) is 0 Å². The zero-order chi connectivity index (χ0) is 17.8. The molecule has 3 rings (SSSR count). The van der Waals surface area contributed by atoms with Gasteiger partial charge in [-0.3, -0.25) is 9.48 Å². The number of aromatic nitrogens is 2. The molecule has 25 heavy (non-hydrogen) atoms. The number of nitrogens with zero attached hydrogens (tertiary/aromatic N) is 2. The molecule has 1 atom stereocenters. The van der Waals surface area contributed by atoms with E-state index >= 15 is 0 Å².